The van der Waals surface area contributed by atoms with Crippen LogP contribution in [0.25, 0.3) is 0 Å². The van der Waals surface area contributed by atoms with Gasteiger partial charge in [-0.2, -0.15) is 0 Å². The van der Waals surface area contributed by atoms with Crippen molar-refractivity contribution in [1.29, 1.82) is 0 Å². The molecule has 122 valence electrons. The fraction of sp³-hybridized carbons (Fsp3) is 0.562. The van der Waals surface area contributed by atoms with Gasteiger partial charge in [-0.25, -0.2) is 0 Å². The molecule has 2 rings (SSSR count). The molecule has 1 aliphatic rings. The van der Waals surface area contributed by atoms with Crippen LogP contribution in [0.3, 0.4) is 0 Å². The number of likely N-dealkylation sites (N-methyl/N-ethyl adjacent to an activating group) is 1. The van der Waals surface area contributed by atoms with E-state index in [0.29, 0.717) is 35.6 Å². The Bertz CT molecular complexity index is 539. The Hall–Kier alpha value is -0.810. The second kappa shape index (κ2) is 7.64. The Balaban J connectivity index is 1.88. The fourth-order valence-electron chi connectivity index (χ4n) is 2.57. The summed E-state index contributed by atoms with van der Waals surface area (Å²) in [5.41, 5.74) is 0.942. The summed E-state index contributed by atoms with van der Waals surface area (Å²) in [5.74, 6) is 0.341. The molecule has 1 amide bonds. The van der Waals surface area contributed by atoms with Crippen molar-refractivity contribution in [2.75, 3.05) is 26.7 Å². The average Bonchev–Trinajstić information content (AvgIpc) is 2.46. The molecule has 0 bridgehead atoms. The number of β-amino-alcohol motifs (C(OH)–C–C–N with tert-alkyl or cyclic N) is 1. The van der Waals surface area contributed by atoms with Crippen LogP contribution in [0.4, 0.5) is 0 Å². The van der Waals surface area contributed by atoms with Crippen LogP contribution < -0.4 is 0 Å². The highest BCUT2D eigenvalue weighted by Gasteiger charge is 2.26. The van der Waals surface area contributed by atoms with E-state index in [1.165, 1.54) is 0 Å². The van der Waals surface area contributed by atoms with Crippen LogP contribution in [0.2, 0.25) is 10.0 Å². The van der Waals surface area contributed by atoms with Crippen LogP contribution in [0.1, 0.15) is 18.9 Å². The van der Waals surface area contributed by atoms with Gasteiger partial charge >= 0.3 is 0 Å². The predicted octanol–water partition coefficient (Wildman–Crippen LogP) is 2.65. The van der Waals surface area contributed by atoms with Gasteiger partial charge in [0.05, 0.1) is 22.7 Å². The number of nitrogens with zero attached hydrogens (tertiary/aromatic N) is 2. The number of aliphatic hydroxyl groups is 1. The summed E-state index contributed by atoms with van der Waals surface area (Å²) in [6.45, 7) is 4.28. The lowest BCUT2D eigenvalue weighted by Gasteiger charge is -2.34. The fourth-order valence-corrected chi connectivity index (χ4v) is 2.89. The molecule has 1 fully saturated rings. The summed E-state index contributed by atoms with van der Waals surface area (Å²) >= 11 is 11.9. The van der Waals surface area contributed by atoms with Gasteiger partial charge in [0.15, 0.2) is 0 Å². The Morgan fingerprint density at radius 1 is 1.41 bits per heavy atom. The van der Waals surface area contributed by atoms with Gasteiger partial charge in [0.25, 0.3) is 0 Å². The zero-order valence-electron chi connectivity index (χ0n) is 12.9. The van der Waals surface area contributed by atoms with Crippen LogP contribution >= 0.6 is 23.2 Å². The summed E-state index contributed by atoms with van der Waals surface area (Å²) in [4.78, 5) is 16.0. The second-order valence-electron chi connectivity index (χ2n) is 6.07. The molecule has 1 heterocycles. The number of halogens is 2. The standard InChI is InChI=1S/C16H22Cl2N2O2/c1-11-5-6-20(9-15(11)21)10-16(22)19(2)8-12-3-4-13(17)14(18)7-12/h3-4,7,11,15,21H,5-6,8-10H2,1-2H3. The summed E-state index contributed by atoms with van der Waals surface area (Å²) < 4.78 is 0. The van der Waals surface area contributed by atoms with E-state index in [4.69, 9.17) is 23.2 Å². The molecule has 0 aliphatic carbocycles. The number of rotatable bonds is 4. The highest BCUT2D eigenvalue weighted by Crippen LogP contribution is 2.23. The highest BCUT2D eigenvalue weighted by molar-refractivity contribution is 6.42. The van der Waals surface area contributed by atoms with Gasteiger partial charge in [0.1, 0.15) is 0 Å². The number of carbonyl (C=O) groups excluding carboxylic acids is 1. The maximum absolute atomic E-state index is 12.3. The van der Waals surface area contributed by atoms with Crippen molar-refractivity contribution in [2.45, 2.75) is 26.0 Å². The smallest absolute Gasteiger partial charge is 0.236 e. The largest absolute Gasteiger partial charge is 0.392 e. The molecule has 1 aromatic carbocycles. The Morgan fingerprint density at radius 3 is 2.77 bits per heavy atom. The van der Waals surface area contributed by atoms with E-state index in [1.54, 1.807) is 24.1 Å². The zero-order valence-corrected chi connectivity index (χ0v) is 14.4. The minimum atomic E-state index is -0.345. The molecule has 2 unspecified atom stereocenters. The summed E-state index contributed by atoms with van der Waals surface area (Å²) in [6.07, 6.45) is 0.576. The third kappa shape index (κ3) is 4.59. The molecule has 22 heavy (non-hydrogen) atoms. The Morgan fingerprint density at radius 2 is 2.14 bits per heavy atom. The van der Waals surface area contributed by atoms with Crippen molar-refractivity contribution >= 4 is 29.1 Å². The number of piperidine rings is 1. The summed E-state index contributed by atoms with van der Waals surface area (Å²) in [5, 5.41) is 10.9. The molecule has 0 spiro atoms. The SMILES string of the molecule is CC1CCN(CC(=O)N(C)Cc2ccc(Cl)c(Cl)c2)CC1O. The number of hydrogen-bond acceptors (Lipinski definition) is 3. The van der Waals surface area contributed by atoms with E-state index < -0.39 is 0 Å². The van der Waals surface area contributed by atoms with Crippen LogP contribution in [0.5, 0.6) is 0 Å². The molecule has 0 aromatic heterocycles. The quantitative estimate of drug-likeness (QED) is 0.913. The number of hydrogen-bond donors (Lipinski definition) is 1. The Labute approximate surface area is 141 Å². The third-order valence-corrected chi connectivity index (χ3v) is 4.93. The van der Waals surface area contributed by atoms with Crippen LogP contribution in [0.15, 0.2) is 18.2 Å². The second-order valence-corrected chi connectivity index (χ2v) is 6.88. The first-order chi connectivity index (χ1) is 10.4. The number of benzene rings is 1. The normalized spacial score (nSPS) is 22.6. The lowest BCUT2D eigenvalue weighted by molar-refractivity contribution is -0.132. The van der Waals surface area contributed by atoms with E-state index in [0.717, 1.165) is 18.5 Å². The zero-order chi connectivity index (χ0) is 16.3. The van der Waals surface area contributed by atoms with Gasteiger partial charge in [0, 0.05) is 20.1 Å². The first kappa shape index (κ1) is 17.5. The van der Waals surface area contributed by atoms with Crippen molar-refractivity contribution < 1.29 is 9.90 Å². The van der Waals surface area contributed by atoms with E-state index in [-0.39, 0.29) is 12.0 Å². The van der Waals surface area contributed by atoms with Crippen LogP contribution in [0, 0.1) is 5.92 Å². The van der Waals surface area contributed by atoms with E-state index in [2.05, 4.69) is 0 Å². The molecular formula is C16H22Cl2N2O2. The number of carbonyl (C=O) groups is 1. The monoisotopic (exact) mass is 344 g/mol. The lowest BCUT2D eigenvalue weighted by atomic mass is 9.96. The van der Waals surface area contributed by atoms with Crippen molar-refractivity contribution in [1.82, 2.24) is 9.80 Å². The van der Waals surface area contributed by atoms with Crippen molar-refractivity contribution in [3.05, 3.63) is 33.8 Å². The van der Waals surface area contributed by atoms with Gasteiger partial charge in [-0.3, -0.25) is 9.69 Å². The third-order valence-electron chi connectivity index (χ3n) is 4.19. The molecule has 2 atom stereocenters. The van der Waals surface area contributed by atoms with Crippen molar-refractivity contribution in [3.63, 3.8) is 0 Å². The van der Waals surface area contributed by atoms with Gasteiger partial charge in [-0.15, -0.1) is 0 Å². The molecule has 6 heteroatoms. The molecule has 1 aliphatic heterocycles. The molecular weight excluding hydrogens is 323 g/mol. The number of likely N-dealkylation sites (tertiary alicyclic amines) is 1. The van der Waals surface area contributed by atoms with E-state index in [1.807, 2.05) is 17.9 Å². The van der Waals surface area contributed by atoms with Crippen LogP contribution in [-0.4, -0.2) is 53.6 Å². The lowest BCUT2D eigenvalue weighted by Crippen LogP contribution is -2.47. The first-order valence-electron chi connectivity index (χ1n) is 7.45. The number of amides is 1. The topological polar surface area (TPSA) is 43.8 Å². The maximum Gasteiger partial charge on any atom is 0.236 e. The first-order valence-corrected chi connectivity index (χ1v) is 8.20. The highest BCUT2D eigenvalue weighted by atomic mass is 35.5. The molecule has 0 radical (unpaired) electrons. The molecule has 1 N–H and O–H groups in total. The molecule has 1 saturated heterocycles. The number of aliphatic hydroxyl groups excluding tert-OH is 1. The van der Waals surface area contributed by atoms with E-state index >= 15 is 0 Å². The van der Waals surface area contributed by atoms with Gasteiger partial charge in [-0.1, -0.05) is 36.2 Å². The minimum absolute atomic E-state index is 0.0350. The van der Waals surface area contributed by atoms with Gasteiger partial charge in [-0.05, 0) is 36.6 Å². The van der Waals surface area contributed by atoms with Gasteiger partial charge < -0.3 is 10.0 Å². The van der Waals surface area contributed by atoms with Crippen LogP contribution in [-0.2, 0) is 11.3 Å². The Kier molecular flexibility index (Phi) is 6.09. The predicted molar refractivity (Wildman–Crippen MR) is 89.2 cm³/mol. The maximum atomic E-state index is 12.3. The summed E-state index contributed by atoms with van der Waals surface area (Å²) in [7, 11) is 1.77. The molecule has 4 nitrogen and oxygen atoms in total. The average molecular weight is 345 g/mol. The van der Waals surface area contributed by atoms with E-state index in [9.17, 15) is 9.90 Å². The molecule has 0 saturated carbocycles. The summed E-state index contributed by atoms with van der Waals surface area (Å²) in [6, 6.07) is 5.38. The van der Waals surface area contributed by atoms with Crippen molar-refractivity contribution in [2.24, 2.45) is 5.92 Å². The molecule has 1 aromatic rings. The van der Waals surface area contributed by atoms with Gasteiger partial charge in [0.2, 0.25) is 5.91 Å². The minimum Gasteiger partial charge on any atom is -0.392 e. The van der Waals surface area contributed by atoms with Crippen molar-refractivity contribution in [3.8, 4) is 0 Å².